The summed E-state index contributed by atoms with van der Waals surface area (Å²) < 4.78 is 14.4. The van der Waals surface area contributed by atoms with E-state index in [-0.39, 0.29) is 11.7 Å². The van der Waals surface area contributed by atoms with Crippen LogP contribution in [0.4, 0.5) is 9.52 Å². The summed E-state index contributed by atoms with van der Waals surface area (Å²) in [4.78, 5) is 24.5. The van der Waals surface area contributed by atoms with Gasteiger partial charge in [-0.2, -0.15) is 0 Å². The van der Waals surface area contributed by atoms with E-state index in [2.05, 4.69) is 56.1 Å². The van der Waals surface area contributed by atoms with E-state index in [0.717, 1.165) is 74.0 Å². The summed E-state index contributed by atoms with van der Waals surface area (Å²) in [6, 6.07) is 15.1. The first-order valence-corrected chi connectivity index (χ1v) is 12.5. The number of aromatic nitrogens is 1. The molecule has 0 N–H and O–H groups in total. The number of thiazole rings is 1. The second-order valence-corrected chi connectivity index (χ2v) is 9.82. The van der Waals surface area contributed by atoms with E-state index in [9.17, 15) is 9.18 Å². The van der Waals surface area contributed by atoms with E-state index in [4.69, 9.17) is 0 Å². The number of piperidine rings is 1. The highest BCUT2D eigenvalue weighted by molar-refractivity contribution is 7.22. The minimum absolute atomic E-state index is 0.0950. The number of nitrogens with zero attached hydrogens (tertiary/aromatic N) is 4. The summed E-state index contributed by atoms with van der Waals surface area (Å²) in [7, 11) is 0. The third kappa shape index (κ3) is 5.25. The molecule has 33 heavy (non-hydrogen) atoms. The van der Waals surface area contributed by atoms with Gasteiger partial charge in [0, 0.05) is 51.7 Å². The molecule has 2 fully saturated rings. The molecular weight excluding hydrogens is 435 g/mol. The Labute approximate surface area is 198 Å². The van der Waals surface area contributed by atoms with E-state index < -0.39 is 0 Å². The minimum Gasteiger partial charge on any atom is -0.348 e. The molecule has 2 aliphatic heterocycles. The number of rotatable bonds is 5. The highest BCUT2D eigenvalue weighted by Crippen LogP contribution is 2.32. The molecule has 2 aromatic carbocycles. The van der Waals surface area contributed by atoms with Crippen molar-refractivity contribution in [2.75, 3.05) is 50.7 Å². The highest BCUT2D eigenvalue weighted by Gasteiger charge is 2.31. The molecule has 3 aromatic rings. The van der Waals surface area contributed by atoms with Crippen molar-refractivity contribution in [1.82, 2.24) is 14.8 Å². The van der Waals surface area contributed by atoms with Crippen LogP contribution in [0.3, 0.4) is 0 Å². The van der Waals surface area contributed by atoms with Crippen molar-refractivity contribution >= 4 is 38.7 Å². The van der Waals surface area contributed by atoms with Crippen molar-refractivity contribution in [3.8, 4) is 0 Å². The average Bonchev–Trinajstić information content (AvgIpc) is 3.28. The molecule has 2 aliphatic rings. The quantitative estimate of drug-likeness (QED) is 0.557. The second kappa shape index (κ2) is 10.0. The first-order valence-electron chi connectivity index (χ1n) is 11.7. The Morgan fingerprint density at radius 2 is 1.79 bits per heavy atom. The van der Waals surface area contributed by atoms with Crippen LogP contribution in [0.2, 0.25) is 0 Å². The first-order chi connectivity index (χ1) is 16.2. The monoisotopic (exact) mass is 464 g/mol. The molecule has 7 heteroatoms. The number of amides is 1. The Morgan fingerprint density at radius 1 is 1.03 bits per heavy atom. The van der Waals surface area contributed by atoms with E-state index in [1.807, 2.05) is 6.07 Å². The lowest BCUT2D eigenvalue weighted by molar-refractivity contribution is -0.137. The van der Waals surface area contributed by atoms with Crippen molar-refractivity contribution < 1.29 is 9.18 Å². The van der Waals surface area contributed by atoms with Crippen LogP contribution in [0.25, 0.3) is 16.3 Å². The summed E-state index contributed by atoms with van der Waals surface area (Å²) in [6.45, 7) is 6.02. The second-order valence-electron chi connectivity index (χ2n) is 8.81. The number of hydrogen-bond donors (Lipinski definition) is 0. The predicted molar refractivity (Wildman–Crippen MR) is 133 cm³/mol. The number of hydrogen-bond acceptors (Lipinski definition) is 5. The van der Waals surface area contributed by atoms with Crippen molar-refractivity contribution in [3.63, 3.8) is 0 Å². The number of benzene rings is 2. The molecule has 0 aliphatic carbocycles. The zero-order chi connectivity index (χ0) is 22.6. The van der Waals surface area contributed by atoms with Gasteiger partial charge in [-0.1, -0.05) is 53.8 Å². The molecule has 0 saturated carbocycles. The lowest BCUT2D eigenvalue weighted by Gasteiger charge is -2.38. The van der Waals surface area contributed by atoms with Gasteiger partial charge in [0.15, 0.2) is 5.13 Å². The molecule has 5 nitrogen and oxygen atoms in total. The molecule has 172 valence electrons. The maximum absolute atomic E-state index is 13.5. The standard InChI is InChI=1S/C26H29FN4OS/c27-22-8-9-23-24(19-22)33-26(28-23)31-13-10-21(11-14-31)25(32)30-17-15-29(16-18-30)12-4-7-20-5-2-1-3-6-20/h1-9,19,21H,10-18H2/b7-4+. The van der Waals surface area contributed by atoms with Gasteiger partial charge < -0.3 is 9.80 Å². The molecule has 2 saturated heterocycles. The minimum atomic E-state index is -0.227. The smallest absolute Gasteiger partial charge is 0.225 e. The average molecular weight is 465 g/mol. The van der Waals surface area contributed by atoms with Gasteiger partial charge in [-0.15, -0.1) is 0 Å². The Bertz CT molecular complexity index is 1120. The zero-order valence-electron chi connectivity index (χ0n) is 18.7. The summed E-state index contributed by atoms with van der Waals surface area (Å²) >= 11 is 1.53. The summed E-state index contributed by atoms with van der Waals surface area (Å²) in [5.74, 6) is 0.174. The summed E-state index contributed by atoms with van der Waals surface area (Å²) in [5.41, 5.74) is 2.06. The van der Waals surface area contributed by atoms with Gasteiger partial charge in [-0.05, 0) is 36.6 Å². The van der Waals surface area contributed by atoms with Crippen LogP contribution in [0.5, 0.6) is 0 Å². The fraction of sp³-hybridized carbons (Fsp3) is 0.385. The molecule has 0 spiro atoms. The first kappa shape index (κ1) is 22.0. The molecule has 0 unspecified atom stereocenters. The topological polar surface area (TPSA) is 39.7 Å². The number of halogens is 1. The number of piperazine rings is 1. The van der Waals surface area contributed by atoms with Gasteiger partial charge in [0.1, 0.15) is 5.82 Å². The van der Waals surface area contributed by atoms with Crippen molar-refractivity contribution in [1.29, 1.82) is 0 Å². The molecule has 1 aromatic heterocycles. The Balaban J connectivity index is 1.08. The fourth-order valence-corrected chi connectivity index (χ4v) is 5.69. The molecule has 1 amide bonds. The van der Waals surface area contributed by atoms with E-state index in [1.54, 1.807) is 12.1 Å². The van der Waals surface area contributed by atoms with Gasteiger partial charge in [0.05, 0.1) is 10.2 Å². The maximum Gasteiger partial charge on any atom is 0.225 e. The van der Waals surface area contributed by atoms with Crippen LogP contribution in [0.15, 0.2) is 54.6 Å². The third-order valence-corrected chi connectivity index (χ3v) is 7.69. The molecule has 3 heterocycles. The van der Waals surface area contributed by atoms with Crippen LogP contribution in [0, 0.1) is 11.7 Å². The maximum atomic E-state index is 13.5. The molecule has 0 atom stereocenters. The van der Waals surface area contributed by atoms with Crippen LogP contribution >= 0.6 is 11.3 Å². The summed E-state index contributed by atoms with van der Waals surface area (Å²) in [5, 5.41) is 0.929. The lowest BCUT2D eigenvalue weighted by Crippen LogP contribution is -2.51. The molecular formula is C26H29FN4OS. The number of carbonyl (C=O) groups is 1. The van der Waals surface area contributed by atoms with E-state index in [0.29, 0.717) is 5.91 Å². The third-order valence-electron chi connectivity index (χ3n) is 6.61. The van der Waals surface area contributed by atoms with Crippen LogP contribution in [0.1, 0.15) is 18.4 Å². The number of carbonyl (C=O) groups excluding carboxylic acids is 1. The predicted octanol–water partition coefficient (Wildman–Crippen LogP) is 4.51. The van der Waals surface area contributed by atoms with Crippen molar-refractivity contribution in [2.45, 2.75) is 12.8 Å². The molecule has 0 radical (unpaired) electrons. The van der Waals surface area contributed by atoms with Crippen LogP contribution in [-0.4, -0.2) is 66.5 Å². The Kier molecular flexibility index (Phi) is 6.69. The SMILES string of the molecule is O=C(C1CCN(c2nc3ccc(F)cc3s2)CC1)N1CCN(C/C=C/c2ccccc2)CC1. The van der Waals surface area contributed by atoms with Gasteiger partial charge in [0.2, 0.25) is 5.91 Å². The Morgan fingerprint density at radius 3 is 2.55 bits per heavy atom. The number of fused-ring (bicyclic) bond motifs is 1. The normalized spacial score (nSPS) is 18.5. The van der Waals surface area contributed by atoms with Gasteiger partial charge in [-0.3, -0.25) is 9.69 Å². The van der Waals surface area contributed by atoms with Gasteiger partial charge in [0.25, 0.3) is 0 Å². The Hall–Kier alpha value is -2.77. The summed E-state index contributed by atoms with van der Waals surface area (Å²) in [6.07, 6.45) is 6.07. The van der Waals surface area contributed by atoms with Crippen LogP contribution in [-0.2, 0) is 4.79 Å². The van der Waals surface area contributed by atoms with Gasteiger partial charge in [-0.25, -0.2) is 9.37 Å². The molecule has 0 bridgehead atoms. The largest absolute Gasteiger partial charge is 0.348 e. The van der Waals surface area contributed by atoms with E-state index >= 15 is 0 Å². The fourth-order valence-electron chi connectivity index (χ4n) is 4.65. The highest BCUT2D eigenvalue weighted by atomic mass is 32.1. The van der Waals surface area contributed by atoms with Gasteiger partial charge >= 0.3 is 0 Å². The van der Waals surface area contributed by atoms with E-state index in [1.165, 1.54) is 23.0 Å². The lowest BCUT2D eigenvalue weighted by atomic mass is 9.95. The van der Waals surface area contributed by atoms with Crippen molar-refractivity contribution in [3.05, 3.63) is 66.0 Å². The molecule has 5 rings (SSSR count). The number of anilines is 1. The van der Waals surface area contributed by atoms with Crippen LogP contribution < -0.4 is 4.90 Å². The zero-order valence-corrected chi connectivity index (χ0v) is 19.5. The van der Waals surface area contributed by atoms with Crippen molar-refractivity contribution in [2.24, 2.45) is 5.92 Å².